The van der Waals surface area contributed by atoms with Crippen LogP contribution in [0.15, 0.2) is 12.7 Å². The molecule has 1 aliphatic heterocycles. The van der Waals surface area contributed by atoms with E-state index in [4.69, 9.17) is 4.74 Å². The highest BCUT2D eigenvalue weighted by molar-refractivity contribution is 5.79. The summed E-state index contributed by atoms with van der Waals surface area (Å²) in [5, 5.41) is 6.04. The molecule has 0 spiro atoms. The van der Waals surface area contributed by atoms with Gasteiger partial charge < -0.3 is 15.4 Å². The Morgan fingerprint density at radius 1 is 1.60 bits per heavy atom. The fourth-order valence-electron chi connectivity index (χ4n) is 1.54. The lowest BCUT2D eigenvalue weighted by Crippen LogP contribution is -2.34. The van der Waals surface area contributed by atoms with E-state index < -0.39 is 0 Å². The lowest BCUT2D eigenvalue weighted by Gasteiger charge is -2.09. The van der Waals surface area contributed by atoms with Gasteiger partial charge in [0.2, 0.25) is 5.91 Å². The van der Waals surface area contributed by atoms with Crippen molar-refractivity contribution in [2.45, 2.75) is 12.8 Å². The maximum absolute atomic E-state index is 11.5. The van der Waals surface area contributed by atoms with Crippen LogP contribution in [0.5, 0.6) is 0 Å². The smallest absolute Gasteiger partial charge is 0.224 e. The summed E-state index contributed by atoms with van der Waals surface area (Å²) < 4.78 is 5.29. The zero-order valence-corrected chi connectivity index (χ0v) is 9.13. The predicted octanol–water partition coefficient (Wildman–Crippen LogP) is 0.305. The number of amides is 1. The highest BCUT2D eigenvalue weighted by Gasteiger charge is 2.21. The molecule has 4 nitrogen and oxygen atoms in total. The highest BCUT2D eigenvalue weighted by Crippen LogP contribution is 2.06. The Morgan fingerprint density at radius 3 is 3.13 bits per heavy atom. The Hall–Kier alpha value is -0.870. The molecule has 0 bridgehead atoms. The molecule has 0 aromatic carbocycles. The van der Waals surface area contributed by atoms with Gasteiger partial charge in [-0.1, -0.05) is 6.08 Å². The normalized spacial score (nSPS) is 20.1. The summed E-state index contributed by atoms with van der Waals surface area (Å²) in [6.07, 6.45) is 3.63. The Morgan fingerprint density at radius 2 is 2.47 bits per heavy atom. The van der Waals surface area contributed by atoms with Gasteiger partial charge in [-0.15, -0.1) is 6.58 Å². The first-order chi connectivity index (χ1) is 7.34. The monoisotopic (exact) mass is 212 g/mol. The second kappa shape index (κ2) is 7.43. The van der Waals surface area contributed by atoms with Gasteiger partial charge in [-0.2, -0.15) is 0 Å². The first kappa shape index (κ1) is 12.2. The number of carbonyl (C=O) groups is 1. The van der Waals surface area contributed by atoms with Crippen LogP contribution < -0.4 is 10.6 Å². The van der Waals surface area contributed by atoms with Gasteiger partial charge in [0, 0.05) is 13.1 Å². The van der Waals surface area contributed by atoms with Crippen molar-refractivity contribution < 1.29 is 9.53 Å². The lowest BCUT2D eigenvalue weighted by atomic mass is 10.1. The SMILES string of the molecule is C=CCCOCCNC(=O)C1CCNC1. The molecule has 2 N–H and O–H groups in total. The standard InChI is InChI=1S/C11H20N2O2/c1-2-3-7-15-8-6-13-11(14)10-4-5-12-9-10/h2,10,12H,1,3-9H2,(H,13,14). The number of hydrogen-bond acceptors (Lipinski definition) is 3. The van der Waals surface area contributed by atoms with Crippen molar-refractivity contribution in [3.05, 3.63) is 12.7 Å². The van der Waals surface area contributed by atoms with E-state index in [1.54, 1.807) is 0 Å². The topological polar surface area (TPSA) is 50.4 Å². The summed E-state index contributed by atoms with van der Waals surface area (Å²) in [6, 6.07) is 0. The molecule has 1 saturated heterocycles. The Labute approximate surface area is 91.1 Å². The largest absolute Gasteiger partial charge is 0.379 e. The molecule has 15 heavy (non-hydrogen) atoms. The fourth-order valence-corrected chi connectivity index (χ4v) is 1.54. The van der Waals surface area contributed by atoms with Gasteiger partial charge in [-0.25, -0.2) is 0 Å². The summed E-state index contributed by atoms with van der Waals surface area (Å²) in [6.45, 7) is 7.23. The molecule has 86 valence electrons. The number of carbonyl (C=O) groups excluding carboxylic acids is 1. The van der Waals surface area contributed by atoms with E-state index in [0.29, 0.717) is 19.8 Å². The summed E-state index contributed by atoms with van der Waals surface area (Å²) in [5.41, 5.74) is 0. The molecular weight excluding hydrogens is 192 g/mol. The molecular formula is C11H20N2O2. The minimum atomic E-state index is 0.146. The molecule has 0 aliphatic carbocycles. The van der Waals surface area contributed by atoms with E-state index >= 15 is 0 Å². The fraction of sp³-hybridized carbons (Fsp3) is 0.727. The quantitative estimate of drug-likeness (QED) is 0.471. The first-order valence-corrected chi connectivity index (χ1v) is 5.51. The second-order valence-electron chi connectivity index (χ2n) is 3.67. The van der Waals surface area contributed by atoms with Gasteiger partial charge in [0.05, 0.1) is 19.1 Å². The van der Waals surface area contributed by atoms with E-state index in [1.807, 2.05) is 6.08 Å². The first-order valence-electron chi connectivity index (χ1n) is 5.51. The van der Waals surface area contributed by atoms with E-state index in [-0.39, 0.29) is 11.8 Å². The van der Waals surface area contributed by atoms with Crippen molar-refractivity contribution in [3.63, 3.8) is 0 Å². The molecule has 4 heteroatoms. The lowest BCUT2D eigenvalue weighted by molar-refractivity contribution is -0.124. The third kappa shape index (κ3) is 4.95. The summed E-state index contributed by atoms with van der Waals surface area (Å²) >= 11 is 0. The molecule has 1 rings (SSSR count). The number of hydrogen-bond donors (Lipinski definition) is 2. The molecule has 1 fully saturated rings. The van der Waals surface area contributed by atoms with Crippen LogP contribution >= 0.6 is 0 Å². The average molecular weight is 212 g/mol. The van der Waals surface area contributed by atoms with Crippen molar-refractivity contribution in [2.75, 3.05) is 32.8 Å². The number of rotatable bonds is 7. The van der Waals surface area contributed by atoms with E-state index in [0.717, 1.165) is 25.9 Å². The Bertz CT molecular complexity index is 201. The van der Waals surface area contributed by atoms with E-state index in [1.165, 1.54) is 0 Å². The van der Waals surface area contributed by atoms with Crippen LogP contribution in [0.25, 0.3) is 0 Å². The molecule has 0 saturated carbocycles. The van der Waals surface area contributed by atoms with Gasteiger partial charge >= 0.3 is 0 Å². The predicted molar refractivity (Wildman–Crippen MR) is 59.6 cm³/mol. The van der Waals surface area contributed by atoms with Crippen LogP contribution in [0.1, 0.15) is 12.8 Å². The van der Waals surface area contributed by atoms with Crippen LogP contribution in [-0.4, -0.2) is 38.8 Å². The Balaban J connectivity index is 1.94. The molecule has 0 aromatic rings. The second-order valence-corrected chi connectivity index (χ2v) is 3.67. The van der Waals surface area contributed by atoms with Crippen LogP contribution in [0.3, 0.4) is 0 Å². The molecule has 0 aromatic heterocycles. The van der Waals surface area contributed by atoms with E-state index in [9.17, 15) is 4.79 Å². The minimum absolute atomic E-state index is 0.146. The average Bonchev–Trinajstić information content (AvgIpc) is 2.76. The molecule has 1 heterocycles. The zero-order valence-electron chi connectivity index (χ0n) is 9.13. The number of ether oxygens (including phenoxy) is 1. The number of nitrogens with one attached hydrogen (secondary N) is 2. The van der Waals surface area contributed by atoms with E-state index in [2.05, 4.69) is 17.2 Å². The zero-order chi connectivity index (χ0) is 10.9. The van der Waals surface area contributed by atoms with Gasteiger partial charge in [0.25, 0.3) is 0 Å². The minimum Gasteiger partial charge on any atom is -0.379 e. The van der Waals surface area contributed by atoms with Crippen LogP contribution in [-0.2, 0) is 9.53 Å². The molecule has 1 atom stereocenters. The molecule has 0 radical (unpaired) electrons. The van der Waals surface area contributed by atoms with Gasteiger partial charge in [-0.05, 0) is 19.4 Å². The van der Waals surface area contributed by atoms with Crippen molar-refractivity contribution in [1.82, 2.24) is 10.6 Å². The van der Waals surface area contributed by atoms with Gasteiger partial charge in [0.15, 0.2) is 0 Å². The maximum Gasteiger partial charge on any atom is 0.224 e. The maximum atomic E-state index is 11.5. The van der Waals surface area contributed by atoms with Crippen molar-refractivity contribution in [3.8, 4) is 0 Å². The van der Waals surface area contributed by atoms with Crippen LogP contribution in [0.4, 0.5) is 0 Å². The van der Waals surface area contributed by atoms with Crippen molar-refractivity contribution in [2.24, 2.45) is 5.92 Å². The summed E-state index contributed by atoms with van der Waals surface area (Å²) in [4.78, 5) is 11.5. The Kier molecular flexibility index (Phi) is 6.04. The van der Waals surface area contributed by atoms with Crippen molar-refractivity contribution in [1.29, 1.82) is 0 Å². The van der Waals surface area contributed by atoms with Crippen molar-refractivity contribution >= 4 is 5.91 Å². The molecule has 1 unspecified atom stereocenters. The summed E-state index contributed by atoms with van der Waals surface area (Å²) in [5.74, 6) is 0.297. The summed E-state index contributed by atoms with van der Waals surface area (Å²) in [7, 11) is 0. The van der Waals surface area contributed by atoms with Gasteiger partial charge in [0.1, 0.15) is 0 Å². The van der Waals surface area contributed by atoms with Crippen LogP contribution in [0.2, 0.25) is 0 Å². The molecule has 1 amide bonds. The molecule has 1 aliphatic rings. The third-order valence-corrected chi connectivity index (χ3v) is 2.44. The highest BCUT2D eigenvalue weighted by atomic mass is 16.5. The van der Waals surface area contributed by atoms with Gasteiger partial charge in [-0.3, -0.25) is 4.79 Å². The third-order valence-electron chi connectivity index (χ3n) is 2.44. The van der Waals surface area contributed by atoms with Crippen LogP contribution in [0, 0.1) is 5.92 Å².